The van der Waals surface area contributed by atoms with E-state index >= 15 is 0 Å². The van der Waals surface area contributed by atoms with Gasteiger partial charge >= 0.3 is 6.18 Å². The molecule has 160 valence electrons. The van der Waals surface area contributed by atoms with Crippen molar-refractivity contribution in [2.75, 3.05) is 28.6 Å². The first kappa shape index (κ1) is 21.5. The highest BCUT2D eigenvalue weighted by molar-refractivity contribution is 5.91. The van der Waals surface area contributed by atoms with Gasteiger partial charge in [0, 0.05) is 32.1 Å². The number of nitrogens with one attached hydrogen (secondary N) is 2. The minimum absolute atomic E-state index is 0.138. The zero-order chi connectivity index (χ0) is 21.7. The van der Waals surface area contributed by atoms with Crippen LogP contribution in [0, 0.1) is 5.92 Å². The molecule has 1 saturated heterocycles. The number of carbonyl (C=O) groups excluding carboxylic acids is 2. The first-order valence-corrected chi connectivity index (χ1v) is 9.52. The van der Waals surface area contributed by atoms with Gasteiger partial charge in [-0.15, -0.1) is 0 Å². The normalized spacial score (nSPS) is 15.0. The van der Waals surface area contributed by atoms with Crippen LogP contribution in [0.5, 0.6) is 0 Å². The second-order valence-electron chi connectivity index (χ2n) is 7.20. The highest BCUT2D eigenvalue weighted by atomic mass is 19.4. The Hall–Kier alpha value is -3.17. The van der Waals surface area contributed by atoms with Crippen LogP contribution in [0.2, 0.25) is 0 Å². The molecule has 1 aliphatic rings. The third-order valence-electron chi connectivity index (χ3n) is 4.83. The first-order chi connectivity index (χ1) is 14.2. The molecule has 0 bridgehead atoms. The van der Waals surface area contributed by atoms with Gasteiger partial charge in [-0.25, -0.2) is 9.97 Å². The molecule has 2 N–H and O–H groups in total. The van der Waals surface area contributed by atoms with Gasteiger partial charge in [0.2, 0.25) is 11.8 Å². The minimum atomic E-state index is -4.45. The van der Waals surface area contributed by atoms with E-state index in [2.05, 4.69) is 20.6 Å². The van der Waals surface area contributed by atoms with Crippen molar-refractivity contribution in [2.45, 2.75) is 32.4 Å². The van der Waals surface area contributed by atoms with Crippen LogP contribution in [0.3, 0.4) is 0 Å². The van der Waals surface area contributed by atoms with E-state index in [1.54, 1.807) is 6.20 Å². The Morgan fingerprint density at radius 3 is 2.47 bits per heavy atom. The van der Waals surface area contributed by atoms with E-state index in [4.69, 9.17) is 0 Å². The summed E-state index contributed by atoms with van der Waals surface area (Å²) in [6, 6.07) is 4.62. The lowest BCUT2D eigenvalue weighted by atomic mass is 9.93. The number of nitrogens with zero attached hydrogens (tertiary/aromatic N) is 3. The van der Waals surface area contributed by atoms with Gasteiger partial charge in [0.15, 0.2) is 5.82 Å². The number of amides is 2. The molecule has 0 unspecified atom stereocenters. The molecule has 0 spiro atoms. The van der Waals surface area contributed by atoms with E-state index < -0.39 is 11.7 Å². The summed E-state index contributed by atoms with van der Waals surface area (Å²) >= 11 is 0. The molecule has 0 atom stereocenters. The summed E-state index contributed by atoms with van der Waals surface area (Å²) in [4.78, 5) is 33.8. The molecule has 2 aromatic rings. The van der Waals surface area contributed by atoms with Crippen molar-refractivity contribution in [2.24, 2.45) is 5.92 Å². The summed E-state index contributed by atoms with van der Waals surface area (Å²) in [6.07, 6.45) is 0.390. The maximum absolute atomic E-state index is 12.8. The van der Waals surface area contributed by atoms with Crippen molar-refractivity contribution in [3.8, 4) is 0 Å². The molecular weight excluding hydrogens is 399 g/mol. The minimum Gasteiger partial charge on any atom is -0.355 e. The number of carbonyl (C=O) groups is 2. The number of piperidine rings is 1. The van der Waals surface area contributed by atoms with Gasteiger partial charge < -0.3 is 15.5 Å². The topological polar surface area (TPSA) is 87.2 Å². The SMILES string of the molecule is CC(=O)Nc1cnc(N2CCC(CC(=O)Nc3cccc(C(F)(F)F)c3)CC2)cn1. The molecule has 0 saturated carbocycles. The van der Waals surface area contributed by atoms with Crippen LogP contribution in [-0.2, 0) is 15.8 Å². The summed E-state index contributed by atoms with van der Waals surface area (Å²) in [6.45, 7) is 2.77. The average Bonchev–Trinajstić information content (AvgIpc) is 2.68. The lowest BCUT2D eigenvalue weighted by Gasteiger charge is -2.32. The maximum Gasteiger partial charge on any atom is 0.416 e. The lowest BCUT2D eigenvalue weighted by molar-refractivity contribution is -0.137. The number of hydrogen-bond donors (Lipinski definition) is 2. The second-order valence-corrected chi connectivity index (χ2v) is 7.20. The third-order valence-corrected chi connectivity index (χ3v) is 4.83. The number of benzene rings is 1. The van der Waals surface area contributed by atoms with Gasteiger partial charge in [0.05, 0.1) is 18.0 Å². The molecule has 7 nitrogen and oxygen atoms in total. The van der Waals surface area contributed by atoms with Gasteiger partial charge in [-0.05, 0) is 37.0 Å². The highest BCUT2D eigenvalue weighted by Crippen LogP contribution is 2.31. The van der Waals surface area contributed by atoms with E-state index in [0.717, 1.165) is 25.0 Å². The van der Waals surface area contributed by atoms with Gasteiger partial charge in [-0.2, -0.15) is 13.2 Å². The molecule has 0 aliphatic carbocycles. The molecule has 1 aromatic carbocycles. The molecule has 1 aromatic heterocycles. The fourth-order valence-corrected chi connectivity index (χ4v) is 3.34. The van der Waals surface area contributed by atoms with Crippen LogP contribution in [0.1, 0.15) is 31.7 Å². The number of anilines is 3. The fourth-order valence-electron chi connectivity index (χ4n) is 3.34. The number of hydrogen-bond acceptors (Lipinski definition) is 5. The Morgan fingerprint density at radius 1 is 1.13 bits per heavy atom. The Kier molecular flexibility index (Phi) is 6.53. The van der Waals surface area contributed by atoms with Crippen molar-refractivity contribution in [1.82, 2.24) is 9.97 Å². The van der Waals surface area contributed by atoms with Crippen molar-refractivity contribution in [3.63, 3.8) is 0 Å². The van der Waals surface area contributed by atoms with E-state index in [0.29, 0.717) is 24.7 Å². The average molecular weight is 421 g/mol. The molecular formula is C20H22F3N5O2. The Labute approximate surface area is 171 Å². The summed E-state index contributed by atoms with van der Waals surface area (Å²) in [5.41, 5.74) is -0.652. The summed E-state index contributed by atoms with van der Waals surface area (Å²) < 4.78 is 38.4. The van der Waals surface area contributed by atoms with Crippen molar-refractivity contribution >= 4 is 29.1 Å². The van der Waals surface area contributed by atoms with E-state index in [9.17, 15) is 22.8 Å². The van der Waals surface area contributed by atoms with Crippen molar-refractivity contribution < 1.29 is 22.8 Å². The van der Waals surface area contributed by atoms with Crippen LogP contribution >= 0.6 is 0 Å². The van der Waals surface area contributed by atoms with E-state index in [-0.39, 0.29) is 29.8 Å². The third kappa shape index (κ3) is 5.91. The van der Waals surface area contributed by atoms with E-state index in [1.807, 2.05) is 4.90 Å². The van der Waals surface area contributed by atoms with Gasteiger partial charge in [-0.3, -0.25) is 9.59 Å². The quantitative estimate of drug-likeness (QED) is 0.769. The van der Waals surface area contributed by atoms with Gasteiger partial charge in [-0.1, -0.05) is 6.07 Å². The Balaban J connectivity index is 1.48. The zero-order valence-corrected chi connectivity index (χ0v) is 16.4. The summed E-state index contributed by atoms with van der Waals surface area (Å²) in [5, 5.41) is 5.11. The van der Waals surface area contributed by atoms with E-state index in [1.165, 1.54) is 25.3 Å². The number of alkyl halides is 3. The lowest BCUT2D eigenvalue weighted by Crippen LogP contribution is -2.35. The molecule has 3 rings (SSSR count). The summed E-state index contributed by atoms with van der Waals surface area (Å²) in [5.74, 6) is 0.690. The maximum atomic E-state index is 12.8. The summed E-state index contributed by atoms with van der Waals surface area (Å²) in [7, 11) is 0. The Morgan fingerprint density at radius 2 is 1.87 bits per heavy atom. The van der Waals surface area contributed by atoms with Crippen molar-refractivity contribution in [1.29, 1.82) is 0 Å². The molecule has 1 aliphatic heterocycles. The largest absolute Gasteiger partial charge is 0.416 e. The van der Waals surface area contributed by atoms with Crippen molar-refractivity contribution in [3.05, 3.63) is 42.2 Å². The molecule has 2 heterocycles. The number of rotatable bonds is 5. The highest BCUT2D eigenvalue weighted by Gasteiger charge is 2.30. The fraction of sp³-hybridized carbons (Fsp3) is 0.400. The smallest absolute Gasteiger partial charge is 0.355 e. The predicted molar refractivity (Wildman–Crippen MR) is 106 cm³/mol. The van der Waals surface area contributed by atoms with Crippen LogP contribution < -0.4 is 15.5 Å². The number of halogens is 3. The molecule has 2 amide bonds. The predicted octanol–water partition coefficient (Wildman–Crippen LogP) is 3.70. The van der Waals surface area contributed by atoms with Crippen LogP contribution in [-0.4, -0.2) is 34.9 Å². The number of aromatic nitrogens is 2. The standard InChI is InChI=1S/C20H22F3N5O2/c1-13(29)26-17-11-25-18(12-24-17)28-7-5-14(6-8-28)9-19(30)27-16-4-2-3-15(10-16)20(21,22)23/h2-4,10-12,14H,5-9H2,1H3,(H,27,30)(H,24,26,29). The van der Waals surface area contributed by atoms with Gasteiger partial charge in [0.1, 0.15) is 5.82 Å². The van der Waals surface area contributed by atoms with Gasteiger partial charge in [0.25, 0.3) is 0 Å². The first-order valence-electron chi connectivity index (χ1n) is 9.52. The van der Waals surface area contributed by atoms with Crippen LogP contribution in [0.25, 0.3) is 0 Å². The second kappa shape index (κ2) is 9.10. The van der Waals surface area contributed by atoms with Crippen LogP contribution in [0.4, 0.5) is 30.5 Å². The molecule has 30 heavy (non-hydrogen) atoms. The van der Waals surface area contributed by atoms with Crippen LogP contribution in [0.15, 0.2) is 36.7 Å². The Bertz CT molecular complexity index is 894. The zero-order valence-electron chi connectivity index (χ0n) is 16.4. The molecule has 1 fully saturated rings. The monoisotopic (exact) mass is 421 g/mol. The molecule has 10 heteroatoms. The molecule has 0 radical (unpaired) electrons.